The van der Waals surface area contributed by atoms with Gasteiger partial charge in [0.15, 0.2) is 6.39 Å². The SMILES string of the molecule is c1ncc(CNCC2C3CC4CC(C3)CC2C4)o1. The van der Waals surface area contributed by atoms with E-state index in [1.165, 1.54) is 38.6 Å². The van der Waals surface area contributed by atoms with E-state index in [9.17, 15) is 0 Å². The maximum Gasteiger partial charge on any atom is 0.180 e. The van der Waals surface area contributed by atoms with Crippen LogP contribution in [0.1, 0.15) is 37.9 Å². The Balaban J connectivity index is 1.35. The third kappa shape index (κ3) is 1.89. The molecule has 1 heterocycles. The van der Waals surface area contributed by atoms with E-state index in [1.807, 2.05) is 6.20 Å². The van der Waals surface area contributed by atoms with Crippen molar-refractivity contribution in [3.8, 4) is 0 Å². The van der Waals surface area contributed by atoms with Crippen molar-refractivity contribution in [2.75, 3.05) is 6.54 Å². The summed E-state index contributed by atoms with van der Waals surface area (Å²) in [6, 6.07) is 0. The van der Waals surface area contributed by atoms with Crippen molar-refractivity contribution in [3.63, 3.8) is 0 Å². The first kappa shape index (κ1) is 11.0. The molecule has 3 heteroatoms. The summed E-state index contributed by atoms with van der Waals surface area (Å²) in [4.78, 5) is 3.95. The Bertz CT molecular complexity index is 373. The Morgan fingerprint density at radius 1 is 1.11 bits per heavy atom. The minimum Gasteiger partial charge on any atom is -0.447 e. The molecule has 4 aliphatic carbocycles. The van der Waals surface area contributed by atoms with Gasteiger partial charge in [-0.05, 0) is 68.2 Å². The number of hydrogen-bond acceptors (Lipinski definition) is 3. The second-order valence-electron chi connectivity index (χ2n) is 6.69. The molecule has 0 atom stereocenters. The maximum atomic E-state index is 5.27. The highest BCUT2D eigenvalue weighted by Gasteiger charge is 2.47. The molecule has 0 saturated heterocycles. The Morgan fingerprint density at radius 3 is 2.44 bits per heavy atom. The lowest BCUT2D eigenvalue weighted by Crippen LogP contribution is -2.48. The summed E-state index contributed by atoms with van der Waals surface area (Å²) in [5.74, 6) is 6.09. The lowest BCUT2D eigenvalue weighted by atomic mass is 9.52. The average Bonchev–Trinajstić information content (AvgIpc) is 2.85. The molecular weight excluding hydrogens is 224 g/mol. The van der Waals surface area contributed by atoms with Gasteiger partial charge in [-0.15, -0.1) is 0 Å². The molecule has 0 unspecified atom stereocenters. The number of hydrogen-bond donors (Lipinski definition) is 1. The standard InChI is InChI=1S/C15H22N2O/c1-10-2-12-4-11(1)5-13(3-10)15(12)8-16-6-14-7-17-9-18-14/h7,9-13,15-16H,1-6,8H2. The first-order valence-corrected chi connectivity index (χ1v) is 7.46. The summed E-state index contributed by atoms with van der Waals surface area (Å²) >= 11 is 0. The molecule has 0 radical (unpaired) electrons. The first-order valence-electron chi connectivity index (χ1n) is 7.46. The van der Waals surface area contributed by atoms with Crippen LogP contribution in [-0.4, -0.2) is 11.5 Å². The number of aromatic nitrogens is 1. The van der Waals surface area contributed by atoms with Crippen LogP contribution >= 0.6 is 0 Å². The van der Waals surface area contributed by atoms with Crippen molar-refractivity contribution < 1.29 is 4.42 Å². The summed E-state index contributed by atoms with van der Waals surface area (Å²) in [5, 5.41) is 3.58. The first-order chi connectivity index (χ1) is 8.88. The lowest BCUT2D eigenvalue weighted by Gasteiger charge is -2.54. The van der Waals surface area contributed by atoms with Gasteiger partial charge in [0, 0.05) is 0 Å². The monoisotopic (exact) mass is 246 g/mol. The molecular formula is C15H22N2O. The largest absolute Gasteiger partial charge is 0.447 e. The fourth-order valence-corrected chi connectivity index (χ4v) is 5.06. The molecule has 5 rings (SSSR count). The van der Waals surface area contributed by atoms with Crippen molar-refractivity contribution in [2.24, 2.45) is 29.6 Å². The highest BCUT2D eigenvalue weighted by Crippen LogP contribution is 2.56. The zero-order valence-corrected chi connectivity index (χ0v) is 10.8. The van der Waals surface area contributed by atoms with Gasteiger partial charge in [0.2, 0.25) is 0 Å². The van der Waals surface area contributed by atoms with Gasteiger partial charge in [0.1, 0.15) is 5.76 Å². The summed E-state index contributed by atoms with van der Waals surface area (Å²) < 4.78 is 5.27. The minimum absolute atomic E-state index is 0.836. The van der Waals surface area contributed by atoms with E-state index >= 15 is 0 Å². The molecule has 1 aromatic heterocycles. The van der Waals surface area contributed by atoms with Crippen molar-refractivity contribution in [2.45, 2.75) is 38.6 Å². The molecule has 4 fully saturated rings. The topological polar surface area (TPSA) is 38.1 Å². The van der Waals surface area contributed by atoms with Gasteiger partial charge < -0.3 is 9.73 Å². The van der Waals surface area contributed by atoms with Gasteiger partial charge >= 0.3 is 0 Å². The molecule has 1 aromatic rings. The van der Waals surface area contributed by atoms with Gasteiger partial charge in [-0.1, -0.05) is 0 Å². The van der Waals surface area contributed by atoms with Crippen molar-refractivity contribution in [3.05, 3.63) is 18.4 Å². The summed E-state index contributed by atoms with van der Waals surface area (Å²) in [6.45, 7) is 2.01. The van der Waals surface area contributed by atoms with Gasteiger partial charge in [-0.3, -0.25) is 0 Å². The highest BCUT2D eigenvalue weighted by molar-refractivity contribution is 4.99. The second kappa shape index (κ2) is 4.37. The van der Waals surface area contributed by atoms with Crippen LogP contribution in [0.5, 0.6) is 0 Å². The number of nitrogens with one attached hydrogen (secondary N) is 1. The quantitative estimate of drug-likeness (QED) is 0.887. The predicted octanol–water partition coefficient (Wildman–Crippen LogP) is 2.84. The van der Waals surface area contributed by atoms with Gasteiger partial charge in [0.25, 0.3) is 0 Å². The molecule has 4 bridgehead atoms. The molecule has 0 spiro atoms. The Kier molecular flexibility index (Phi) is 2.68. The fourth-order valence-electron chi connectivity index (χ4n) is 5.06. The summed E-state index contributed by atoms with van der Waals surface area (Å²) in [6.07, 6.45) is 10.9. The molecule has 4 aliphatic rings. The number of oxazole rings is 1. The maximum absolute atomic E-state index is 5.27. The van der Waals surface area contributed by atoms with E-state index in [0.29, 0.717) is 0 Å². The smallest absolute Gasteiger partial charge is 0.180 e. The van der Waals surface area contributed by atoms with Crippen LogP contribution < -0.4 is 5.32 Å². The van der Waals surface area contributed by atoms with Crippen LogP contribution in [0.15, 0.2) is 17.0 Å². The lowest BCUT2D eigenvalue weighted by molar-refractivity contribution is -0.0356. The molecule has 1 N–H and O–H groups in total. The average molecular weight is 246 g/mol. The molecule has 98 valence electrons. The molecule has 4 saturated carbocycles. The molecule has 0 amide bonds. The van der Waals surface area contributed by atoms with Gasteiger partial charge in [0.05, 0.1) is 12.7 Å². The van der Waals surface area contributed by atoms with E-state index in [-0.39, 0.29) is 0 Å². The van der Waals surface area contributed by atoms with Crippen molar-refractivity contribution in [1.82, 2.24) is 10.3 Å². The Labute approximate surface area is 108 Å². The molecule has 18 heavy (non-hydrogen) atoms. The van der Waals surface area contributed by atoms with Crippen LogP contribution in [0, 0.1) is 29.6 Å². The second-order valence-corrected chi connectivity index (χ2v) is 6.69. The third-order valence-corrected chi connectivity index (χ3v) is 5.58. The van der Waals surface area contributed by atoms with E-state index < -0.39 is 0 Å². The van der Waals surface area contributed by atoms with Crippen LogP contribution in [0.3, 0.4) is 0 Å². The van der Waals surface area contributed by atoms with E-state index in [0.717, 1.165) is 41.9 Å². The van der Waals surface area contributed by atoms with Crippen molar-refractivity contribution >= 4 is 0 Å². The zero-order valence-electron chi connectivity index (χ0n) is 10.8. The molecule has 3 nitrogen and oxygen atoms in total. The molecule has 0 aliphatic heterocycles. The number of nitrogens with zero attached hydrogens (tertiary/aromatic N) is 1. The Morgan fingerprint density at radius 2 is 1.83 bits per heavy atom. The predicted molar refractivity (Wildman–Crippen MR) is 68.7 cm³/mol. The normalized spacial score (nSPS) is 41.4. The van der Waals surface area contributed by atoms with Gasteiger partial charge in [-0.2, -0.15) is 0 Å². The van der Waals surface area contributed by atoms with Crippen LogP contribution in [0.2, 0.25) is 0 Å². The number of rotatable bonds is 4. The van der Waals surface area contributed by atoms with E-state index in [4.69, 9.17) is 4.42 Å². The van der Waals surface area contributed by atoms with Crippen LogP contribution in [-0.2, 0) is 6.54 Å². The van der Waals surface area contributed by atoms with Crippen LogP contribution in [0.4, 0.5) is 0 Å². The third-order valence-electron chi connectivity index (χ3n) is 5.58. The van der Waals surface area contributed by atoms with Crippen LogP contribution in [0.25, 0.3) is 0 Å². The van der Waals surface area contributed by atoms with Gasteiger partial charge in [-0.25, -0.2) is 4.98 Å². The highest BCUT2D eigenvalue weighted by atomic mass is 16.3. The summed E-state index contributed by atoms with van der Waals surface area (Å²) in [5.41, 5.74) is 0. The Hall–Kier alpha value is -0.830. The summed E-state index contributed by atoms with van der Waals surface area (Å²) in [7, 11) is 0. The molecule has 0 aromatic carbocycles. The van der Waals surface area contributed by atoms with E-state index in [1.54, 1.807) is 6.42 Å². The fraction of sp³-hybridized carbons (Fsp3) is 0.800. The minimum atomic E-state index is 0.836. The zero-order chi connectivity index (χ0) is 11.9. The van der Waals surface area contributed by atoms with E-state index in [2.05, 4.69) is 10.3 Å². The van der Waals surface area contributed by atoms with Crippen molar-refractivity contribution in [1.29, 1.82) is 0 Å².